The van der Waals surface area contributed by atoms with E-state index in [-0.39, 0.29) is 76.2 Å². The minimum Gasteiger partial charge on any atom is -0.744 e. The Morgan fingerprint density at radius 3 is 1.62 bits per heavy atom. The van der Waals surface area contributed by atoms with Crippen molar-refractivity contribution in [3.05, 3.63) is 124 Å². The number of nitrogens with zero attached hydrogens (tertiary/aromatic N) is 6. The number of nitro benzene ring substituents is 2. The van der Waals surface area contributed by atoms with Crippen molar-refractivity contribution in [2.45, 2.75) is 9.79 Å². The molecular formula is C24H14N8Na2O12S2. The van der Waals surface area contributed by atoms with Crippen molar-refractivity contribution >= 4 is 54.4 Å². The second-order valence-electron chi connectivity index (χ2n) is 8.71. The average molecular weight is 717 g/mol. The summed E-state index contributed by atoms with van der Waals surface area (Å²) in [6.45, 7) is 0. The van der Waals surface area contributed by atoms with E-state index in [0.29, 0.717) is 6.07 Å². The van der Waals surface area contributed by atoms with Crippen LogP contribution < -0.4 is 91.5 Å². The SMILES string of the molecule is O=c1c(N=Nc2ccc([N+](=O)[O-])cc2S(=O)(=O)[O-])cc(=NNc2ccc(S(=O)(=O)[O-])cc2)c(=O)c1=NNc1ccc([N+](=O)[O-])cc1.[Na+].[Na+]. The number of nitrogens with one attached hydrogen (secondary N) is 2. The van der Waals surface area contributed by atoms with E-state index in [1.54, 1.807) is 0 Å². The third kappa shape index (κ3) is 9.96. The minimum atomic E-state index is -5.32. The third-order valence-corrected chi connectivity index (χ3v) is 7.40. The van der Waals surface area contributed by atoms with Crippen LogP contribution in [0, 0.1) is 20.2 Å². The number of nitro groups is 2. The van der Waals surface area contributed by atoms with Crippen LogP contribution in [0.15, 0.2) is 113 Å². The molecule has 4 aromatic carbocycles. The number of azo groups is 1. The Bertz CT molecular complexity index is 2370. The van der Waals surface area contributed by atoms with E-state index in [0.717, 1.165) is 54.6 Å². The maximum atomic E-state index is 13.2. The summed E-state index contributed by atoms with van der Waals surface area (Å²) in [5.41, 5.74) is 0.328. The van der Waals surface area contributed by atoms with Crippen molar-refractivity contribution in [3.8, 4) is 0 Å². The number of hydrogen-bond acceptors (Lipinski definition) is 18. The molecule has 0 radical (unpaired) electrons. The second kappa shape index (κ2) is 16.3. The average Bonchev–Trinajstić information content (AvgIpc) is 2.99. The molecule has 0 aliphatic rings. The molecule has 0 spiro atoms. The van der Waals surface area contributed by atoms with Gasteiger partial charge >= 0.3 is 59.1 Å². The van der Waals surface area contributed by atoms with Gasteiger partial charge in [-0.05, 0) is 42.5 Å². The van der Waals surface area contributed by atoms with Gasteiger partial charge in [0.15, 0.2) is 5.36 Å². The van der Waals surface area contributed by atoms with Gasteiger partial charge in [0.05, 0.1) is 31.0 Å². The Kier molecular flexibility index (Phi) is 13.6. The van der Waals surface area contributed by atoms with Gasteiger partial charge in [-0.25, -0.2) is 16.8 Å². The van der Waals surface area contributed by atoms with Crippen LogP contribution in [0.4, 0.5) is 34.1 Å². The molecule has 0 aliphatic carbocycles. The molecule has 48 heavy (non-hydrogen) atoms. The summed E-state index contributed by atoms with van der Waals surface area (Å²) in [6.07, 6.45) is 0. The summed E-state index contributed by atoms with van der Waals surface area (Å²) in [7, 11) is -10.1. The molecule has 0 heterocycles. The molecule has 0 saturated heterocycles. The van der Waals surface area contributed by atoms with Crippen LogP contribution in [0.3, 0.4) is 0 Å². The maximum absolute atomic E-state index is 13.2. The van der Waals surface area contributed by atoms with Gasteiger partial charge < -0.3 is 9.11 Å². The van der Waals surface area contributed by atoms with E-state index >= 15 is 0 Å². The molecule has 0 saturated carbocycles. The van der Waals surface area contributed by atoms with E-state index in [1.165, 1.54) is 12.1 Å². The Morgan fingerprint density at radius 2 is 1.10 bits per heavy atom. The monoisotopic (exact) mass is 716 g/mol. The fraction of sp³-hybridized carbons (Fsp3) is 0. The van der Waals surface area contributed by atoms with Gasteiger partial charge in [-0.2, -0.15) is 10.2 Å². The van der Waals surface area contributed by atoms with Gasteiger partial charge in [-0.15, -0.1) is 10.2 Å². The van der Waals surface area contributed by atoms with E-state index < -0.39 is 78.5 Å². The molecule has 4 rings (SSSR count). The molecule has 0 bridgehead atoms. The van der Waals surface area contributed by atoms with Crippen LogP contribution in [0.1, 0.15) is 0 Å². The summed E-state index contributed by atoms with van der Waals surface area (Å²) in [4.78, 5) is 44.9. The molecular weight excluding hydrogens is 702 g/mol. The first-order valence-corrected chi connectivity index (χ1v) is 14.8. The van der Waals surface area contributed by atoms with Crippen LogP contribution >= 0.6 is 0 Å². The first kappa shape index (κ1) is 40.1. The predicted octanol–water partition coefficient (Wildman–Crippen LogP) is -4.81. The van der Waals surface area contributed by atoms with Crippen molar-refractivity contribution in [1.29, 1.82) is 0 Å². The maximum Gasteiger partial charge on any atom is 1.00 e. The van der Waals surface area contributed by atoms with E-state index in [4.69, 9.17) is 0 Å². The van der Waals surface area contributed by atoms with Gasteiger partial charge in [0.1, 0.15) is 37.0 Å². The molecule has 0 unspecified atom stereocenters. The molecule has 2 N–H and O–H groups in total. The zero-order valence-corrected chi connectivity index (χ0v) is 30.0. The molecule has 236 valence electrons. The largest absolute Gasteiger partial charge is 1.00 e. The van der Waals surface area contributed by atoms with Crippen LogP contribution in [-0.4, -0.2) is 35.8 Å². The topological polar surface area (TPSA) is 308 Å². The number of non-ortho nitro benzene ring substituents is 2. The smallest absolute Gasteiger partial charge is 0.744 e. The summed E-state index contributed by atoms with van der Waals surface area (Å²) in [5, 5.41) is 35.3. The normalized spacial score (nSPS) is 12.2. The molecule has 0 atom stereocenters. The van der Waals surface area contributed by atoms with Crippen LogP contribution in [0.5, 0.6) is 0 Å². The first-order chi connectivity index (χ1) is 21.5. The van der Waals surface area contributed by atoms with Crippen LogP contribution in [0.2, 0.25) is 0 Å². The molecule has 24 heteroatoms. The van der Waals surface area contributed by atoms with Gasteiger partial charge in [0, 0.05) is 30.3 Å². The summed E-state index contributed by atoms with van der Waals surface area (Å²) < 4.78 is 68.6. The number of anilines is 2. The van der Waals surface area contributed by atoms with Gasteiger partial charge in [-0.1, -0.05) is 0 Å². The Balaban J connectivity index is 0.00000400. The van der Waals surface area contributed by atoms with E-state index in [9.17, 15) is 55.8 Å². The predicted molar refractivity (Wildman–Crippen MR) is 152 cm³/mol. The quantitative estimate of drug-likeness (QED) is 0.0512. The number of hydrogen-bond donors (Lipinski definition) is 2. The second-order valence-corrected chi connectivity index (χ2v) is 11.4. The third-order valence-electron chi connectivity index (χ3n) is 5.68. The zero-order chi connectivity index (χ0) is 33.8. The Hall–Kier alpha value is -4.10. The fourth-order valence-electron chi connectivity index (χ4n) is 3.47. The first-order valence-electron chi connectivity index (χ1n) is 12.0. The summed E-state index contributed by atoms with van der Waals surface area (Å²) in [6, 6.07) is 11.7. The van der Waals surface area contributed by atoms with Crippen molar-refractivity contribution in [1.82, 2.24) is 0 Å². The van der Waals surface area contributed by atoms with E-state index in [2.05, 4.69) is 31.3 Å². The molecule has 0 amide bonds. The van der Waals surface area contributed by atoms with Crippen molar-refractivity contribution < 1.29 is 94.9 Å². The van der Waals surface area contributed by atoms with Crippen molar-refractivity contribution in [2.75, 3.05) is 10.9 Å². The Morgan fingerprint density at radius 1 is 0.604 bits per heavy atom. The van der Waals surface area contributed by atoms with Gasteiger partial charge in [-0.3, -0.25) is 40.7 Å². The van der Waals surface area contributed by atoms with Crippen LogP contribution in [0.25, 0.3) is 0 Å². The molecule has 0 aliphatic heterocycles. The van der Waals surface area contributed by atoms with Gasteiger partial charge in [0.2, 0.25) is 10.9 Å². The molecule has 0 aromatic heterocycles. The van der Waals surface area contributed by atoms with E-state index in [1.807, 2.05) is 0 Å². The molecule has 0 fully saturated rings. The minimum absolute atomic E-state index is 0. The zero-order valence-electron chi connectivity index (χ0n) is 24.3. The van der Waals surface area contributed by atoms with Crippen LogP contribution in [-0.2, 0) is 20.2 Å². The summed E-state index contributed by atoms with van der Waals surface area (Å²) in [5.74, 6) is 0. The number of benzene rings is 4. The molecule has 4 aromatic rings. The van der Waals surface area contributed by atoms with Crippen molar-refractivity contribution in [2.24, 2.45) is 20.4 Å². The standard InChI is InChI=1S/C24H16N8O12S2.2Na/c33-23-19(28-25-14-3-8-17(9-4-14)45(39,40)41)12-20(24(34)22(23)30-26-13-1-5-15(6-2-13)31(35)36)29-27-18-10-7-16(32(37)38)11-21(18)46(42,43)44;;/h1-12,25-26H,(H,39,40,41)(H,42,43,44);;/q;2*+1/p-2. The Labute approximate surface area is 312 Å². The van der Waals surface area contributed by atoms with Crippen molar-refractivity contribution in [3.63, 3.8) is 0 Å². The fourth-order valence-corrected chi connectivity index (χ4v) is 4.57. The summed E-state index contributed by atoms with van der Waals surface area (Å²) >= 11 is 0. The van der Waals surface area contributed by atoms with Gasteiger partial charge in [0.25, 0.3) is 11.4 Å². The molecule has 20 nitrogen and oxygen atoms in total. The number of rotatable bonds is 10.